The van der Waals surface area contributed by atoms with E-state index in [1.54, 1.807) is 11.3 Å². The molecule has 6 heteroatoms. The zero-order valence-electron chi connectivity index (χ0n) is 14.8. The molecule has 0 spiro atoms. The molecule has 1 N–H and O–H groups in total. The van der Waals surface area contributed by atoms with Crippen LogP contribution in [0.4, 0.5) is 0 Å². The minimum Gasteiger partial charge on any atom is -0.512 e. The van der Waals surface area contributed by atoms with Crippen LogP contribution in [0.1, 0.15) is 13.8 Å². The van der Waals surface area contributed by atoms with Gasteiger partial charge in [0.2, 0.25) is 0 Å². The quantitative estimate of drug-likeness (QED) is 0.207. The first-order chi connectivity index (χ1) is 12.6. The molecule has 0 aliphatic rings. The summed E-state index contributed by atoms with van der Waals surface area (Å²) in [5.74, 6) is -0.0625. The summed E-state index contributed by atoms with van der Waals surface area (Å²) in [7, 11) is 0. The fourth-order valence-electron chi connectivity index (χ4n) is 2.59. The Labute approximate surface area is 175 Å². The number of aliphatic hydroxyl groups excluding tert-OH is 1. The molecule has 1 aromatic carbocycles. The van der Waals surface area contributed by atoms with Crippen LogP contribution in [-0.2, 0) is 24.9 Å². The van der Waals surface area contributed by atoms with Crippen molar-refractivity contribution in [2.24, 2.45) is 0 Å². The van der Waals surface area contributed by atoms with E-state index in [9.17, 15) is 4.79 Å². The molecular formula is C21H17IrN2O2S-. The fraction of sp³-hybridized carbons (Fsp3) is 0.0952. The summed E-state index contributed by atoms with van der Waals surface area (Å²) in [4.78, 5) is 18.6. The van der Waals surface area contributed by atoms with Crippen molar-refractivity contribution in [3.8, 4) is 11.3 Å². The molecule has 0 unspecified atom stereocenters. The van der Waals surface area contributed by atoms with Crippen molar-refractivity contribution in [2.45, 2.75) is 13.8 Å². The number of hydrogen-bond donors (Lipinski definition) is 1. The van der Waals surface area contributed by atoms with Crippen LogP contribution in [0.15, 0.2) is 66.8 Å². The topological polar surface area (TPSA) is 63.1 Å². The SMILES string of the molecule is CC(=O)/C=C(/C)O.[Ir].[c-]1ccc2c(sc3cnccc32)c1-c1ccccn1. The number of pyridine rings is 2. The van der Waals surface area contributed by atoms with Crippen LogP contribution >= 0.6 is 11.3 Å². The summed E-state index contributed by atoms with van der Waals surface area (Å²) in [6.45, 7) is 2.85. The first kappa shape index (κ1) is 20.9. The molecule has 0 atom stereocenters. The number of fused-ring (bicyclic) bond motifs is 3. The summed E-state index contributed by atoms with van der Waals surface area (Å²) in [6, 6.07) is 15.4. The van der Waals surface area contributed by atoms with Crippen molar-refractivity contribution in [1.82, 2.24) is 9.97 Å². The second-order valence-electron chi connectivity index (χ2n) is 5.68. The maximum Gasteiger partial charge on any atom is 0.155 e. The molecule has 0 aliphatic heterocycles. The maximum absolute atomic E-state index is 10.0. The molecule has 27 heavy (non-hydrogen) atoms. The number of ketones is 1. The first-order valence-corrected chi connectivity index (χ1v) is 8.84. The van der Waals surface area contributed by atoms with Gasteiger partial charge in [0.25, 0.3) is 0 Å². The number of carbonyl (C=O) groups excluding carboxylic acids is 1. The summed E-state index contributed by atoms with van der Waals surface area (Å²) in [5.41, 5.74) is 2.03. The van der Waals surface area contributed by atoms with Gasteiger partial charge in [0.1, 0.15) is 0 Å². The van der Waals surface area contributed by atoms with E-state index in [2.05, 4.69) is 28.2 Å². The normalized spacial score (nSPS) is 10.8. The van der Waals surface area contributed by atoms with E-state index in [4.69, 9.17) is 5.11 Å². The number of thiophene rings is 1. The molecule has 0 amide bonds. The number of nitrogens with zero attached hydrogens (tertiary/aromatic N) is 2. The van der Waals surface area contributed by atoms with E-state index in [-0.39, 0.29) is 31.6 Å². The molecule has 139 valence electrons. The summed E-state index contributed by atoms with van der Waals surface area (Å²) < 4.78 is 2.43. The largest absolute Gasteiger partial charge is 0.512 e. The first-order valence-electron chi connectivity index (χ1n) is 8.02. The van der Waals surface area contributed by atoms with Crippen molar-refractivity contribution < 1.29 is 30.0 Å². The molecule has 3 aromatic heterocycles. The van der Waals surface area contributed by atoms with Crippen LogP contribution in [-0.4, -0.2) is 20.9 Å². The molecule has 0 fully saturated rings. The van der Waals surface area contributed by atoms with Gasteiger partial charge in [-0.3, -0.25) is 9.78 Å². The predicted octanol–water partition coefficient (Wildman–Crippen LogP) is 5.35. The van der Waals surface area contributed by atoms with Crippen molar-refractivity contribution in [2.75, 3.05) is 0 Å². The fourth-order valence-corrected chi connectivity index (χ4v) is 3.77. The predicted molar refractivity (Wildman–Crippen MR) is 106 cm³/mol. The molecule has 4 aromatic rings. The average molecular weight is 554 g/mol. The molecule has 4 rings (SSSR count). The molecule has 1 radical (unpaired) electrons. The molecule has 0 bridgehead atoms. The Bertz CT molecular complexity index is 1090. The Morgan fingerprint density at radius 3 is 2.59 bits per heavy atom. The van der Waals surface area contributed by atoms with Gasteiger partial charge in [0, 0.05) is 49.5 Å². The third kappa shape index (κ3) is 5.07. The Morgan fingerprint density at radius 2 is 1.96 bits per heavy atom. The average Bonchev–Trinajstić information content (AvgIpc) is 3.00. The smallest absolute Gasteiger partial charge is 0.155 e. The standard InChI is InChI=1S/C16H9N2S.C5H8O2.Ir/c1-2-8-18-14(6-1)13-5-3-4-12-11-7-9-17-10-15(11)19-16(12)13;1-4(6)3-5(2)7;/h1-4,6-10H;3,6H,1-2H3;/q-1;;/b;4-3-;. The van der Waals surface area contributed by atoms with E-state index >= 15 is 0 Å². The van der Waals surface area contributed by atoms with Gasteiger partial charge in [-0.25, -0.2) is 0 Å². The van der Waals surface area contributed by atoms with Gasteiger partial charge >= 0.3 is 0 Å². The Morgan fingerprint density at radius 1 is 1.15 bits per heavy atom. The van der Waals surface area contributed by atoms with Gasteiger partial charge in [-0.15, -0.1) is 23.8 Å². The molecule has 4 nitrogen and oxygen atoms in total. The van der Waals surface area contributed by atoms with E-state index in [0.717, 1.165) is 11.3 Å². The van der Waals surface area contributed by atoms with Crippen molar-refractivity contribution in [1.29, 1.82) is 0 Å². The van der Waals surface area contributed by atoms with Crippen LogP contribution in [0.2, 0.25) is 0 Å². The maximum atomic E-state index is 10.0. The van der Waals surface area contributed by atoms with Crippen molar-refractivity contribution in [3.63, 3.8) is 0 Å². The van der Waals surface area contributed by atoms with Crippen LogP contribution in [0.25, 0.3) is 31.4 Å². The van der Waals surface area contributed by atoms with Crippen LogP contribution in [0, 0.1) is 6.07 Å². The zero-order chi connectivity index (χ0) is 18.5. The van der Waals surface area contributed by atoms with Gasteiger partial charge in [-0.1, -0.05) is 17.5 Å². The van der Waals surface area contributed by atoms with Gasteiger partial charge in [-0.2, -0.15) is 11.3 Å². The third-order valence-corrected chi connectivity index (χ3v) is 4.74. The molecule has 0 saturated heterocycles. The van der Waals surface area contributed by atoms with Crippen LogP contribution in [0.5, 0.6) is 0 Å². The monoisotopic (exact) mass is 554 g/mol. The van der Waals surface area contributed by atoms with E-state index in [0.29, 0.717) is 0 Å². The number of benzene rings is 1. The van der Waals surface area contributed by atoms with Crippen LogP contribution in [0.3, 0.4) is 0 Å². The summed E-state index contributed by atoms with van der Waals surface area (Å²) in [5, 5.41) is 10.9. The second kappa shape index (κ2) is 9.51. The zero-order valence-corrected chi connectivity index (χ0v) is 18.0. The van der Waals surface area contributed by atoms with E-state index in [1.165, 1.54) is 40.1 Å². The number of carbonyl (C=O) groups is 1. The van der Waals surface area contributed by atoms with E-state index < -0.39 is 0 Å². The Hall–Kier alpha value is -2.40. The number of hydrogen-bond acceptors (Lipinski definition) is 5. The van der Waals surface area contributed by atoms with Crippen LogP contribution < -0.4 is 0 Å². The minimum atomic E-state index is -0.125. The number of aromatic nitrogens is 2. The second-order valence-corrected chi connectivity index (χ2v) is 6.73. The van der Waals surface area contributed by atoms with Gasteiger partial charge in [0.05, 0.1) is 5.76 Å². The van der Waals surface area contributed by atoms with Crippen molar-refractivity contribution in [3.05, 3.63) is 72.9 Å². The number of rotatable bonds is 2. The molecular weight excluding hydrogens is 537 g/mol. The van der Waals surface area contributed by atoms with Crippen molar-refractivity contribution >= 4 is 37.3 Å². The Balaban J connectivity index is 0.000000285. The molecule has 0 saturated carbocycles. The number of allylic oxidation sites excluding steroid dienone is 2. The third-order valence-electron chi connectivity index (χ3n) is 3.57. The summed E-state index contributed by atoms with van der Waals surface area (Å²) >= 11 is 1.75. The van der Waals surface area contributed by atoms with Gasteiger partial charge in [-0.05, 0) is 41.8 Å². The van der Waals surface area contributed by atoms with E-state index in [1.807, 2.05) is 42.9 Å². The number of aliphatic hydroxyl groups is 1. The summed E-state index contributed by atoms with van der Waals surface area (Å²) in [6.07, 6.45) is 6.74. The minimum absolute atomic E-state index is 0. The van der Waals surface area contributed by atoms with Gasteiger partial charge in [0.15, 0.2) is 5.78 Å². The molecule has 3 heterocycles. The molecule has 0 aliphatic carbocycles. The Kier molecular flexibility index (Phi) is 7.36. The van der Waals surface area contributed by atoms with Gasteiger partial charge < -0.3 is 10.1 Å².